The molecular formula is C23H25N3O5. The van der Waals surface area contributed by atoms with E-state index >= 15 is 0 Å². The maximum Gasteiger partial charge on any atom is 0.295 e. The van der Waals surface area contributed by atoms with Gasteiger partial charge in [0.15, 0.2) is 0 Å². The van der Waals surface area contributed by atoms with E-state index in [1.54, 1.807) is 0 Å². The van der Waals surface area contributed by atoms with E-state index in [9.17, 15) is 24.8 Å². The minimum absolute atomic E-state index is 0.00963. The van der Waals surface area contributed by atoms with Gasteiger partial charge in [0.2, 0.25) is 0 Å². The lowest BCUT2D eigenvalue weighted by atomic mass is 9.95. The molecular weight excluding hydrogens is 398 g/mol. The number of Topliss-reactive ketones (excluding diaryl/α,β-unsaturated/α-hetero) is 1. The third-order valence-corrected chi connectivity index (χ3v) is 5.56. The van der Waals surface area contributed by atoms with Crippen LogP contribution in [0.4, 0.5) is 5.69 Å². The number of aliphatic hydroxyl groups excluding tert-OH is 1. The first kappa shape index (κ1) is 22.2. The molecule has 2 aromatic rings. The number of ketones is 1. The van der Waals surface area contributed by atoms with Crippen molar-refractivity contribution in [2.75, 3.05) is 26.2 Å². The molecule has 1 atom stereocenters. The number of nitrogens with zero attached hydrogens (tertiary/aromatic N) is 3. The number of non-ortho nitro benzene ring substituents is 1. The van der Waals surface area contributed by atoms with Crippen LogP contribution in [0.25, 0.3) is 5.76 Å². The smallest absolute Gasteiger partial charge is 0.295 e. The lowest BCUT2D eigenvalue weighted by molar-refractivity contribution is -0.384. The van der Waals surface area contributed by atoms with Crippen LogP contribution in [0.5, 0.6) is 0 Å². The van der Waals surface area contributed by atoms with Crippen molar-refractivity contribution in [1.29, 1.82) is 0 Å². The SMILES string of the molecule is CCN(CC)CCN1C(=O)C(=O)/C(=C(/O)c2ccc([N+](=O)[O-])cc2)C1c1ccccc1. The zero-order chi connectivity index (χ0) is 22.5. The highest BCUT2D eigenvalue weighted by molar-refractivity contribution is 6.46. The Balaban J connectivity index is 2.06. The molecule has 8 heteroatoms. The Bertz CT molecular complexity index is 998. The minimum Gasteiger partial charge on any atom is -0.507 e. The zero-order valence-electron chi connectivity index (χ0n) is 17.5. The molecule has 2 aromatic carbocycles. The summed E-state index contributed by atoms with van der Waals surface area (Å²) in [5, 5.41) is 21.9. The molecule has 1 fully saturated rings. The summed E-state index contributed by atoms with van der Waals surface area (Å²) < 4.78 is 0. The van der Waals surface area contributed by atoms with Crippen LogP contribution < -0.4 is 0 Å². The van der Waals surface area contributed by atoms with Crippen LogP contribution in [0.3, 0.4) is 0 Å². The molecule has 3 rings (SSSR count). The summed E-state index contributed by atoms with van der Waals surface area (Å²) >= 11 is 0. The maximum atomic E-state index is 12.9. The fourth-order valence-corrected chi connectivity index (χ4v) is 3.78. The summed E-state index contributed by atoms with van der Waals surface area (Å²) in [6.45, 7) is 6.63. The number of nitro benzene ring substituents is 1. The standard InChI is InChI=1S/C23H25N3O5/c1-3-24(4-2)14-15-25-20(16-8-6-5-7-9-16)19(22(28)23(25)29)21(27)17-10-12-18(13-11-17)26(30)31/h5-13,20,27H,3-4,14-15H2,1-2H3/b21-19+. The Labute approximate surface area is 180 Å². The van der Waals surface area contributed by atoms with Gasteiger partial charge in [-0.05, 0) is 30.8 Å². The van der Waals surface area contributed by atoms with Crippen LogP contribution >= 0.6 is 0 Å². The molecule has 1 aliphatic rings. The van der Waals surface area contributed by atoms with E-state index in [2.05, 4.69) is 4.90 Å². The summed E-state index contributed by atoms with van der Waals surface area (Å²) in [6, 6.07) is 13.6. The molecule has 1 amide bonds. The van der Waals surface area contributed by atoms with Gasteiger partial charge in [-0.15, -0.1) is 0 Å². The van der Waals surface area contributed by atoms with Gasteiger partial charge in [0, 0.05) is 30.8 Å². The minimum atomic E-state index is -0.760. The average molecular weight is 423 g/mol. The third kappa shape index (κ3) is 4.49. The highest BCUT2D eigenvalue weighted by Crippen LogP contribution is 2.39. The van der Waals surface area contributed by atoms with Crippen molar-refractivity contribution in [2.24, 2.45) is 0 Å². The van der Waals surface area contributed by atoms with Gasteiger partial charge in [-0.25, -0.2) is 0 Å². The van der Waals surface area contributed by atoms with Crippen molar-refractivity contribution < 1.29 is 19.6 Å². The second-order valence-corrected chi connectivity index (χ2v) is 7.23. The van der Waals surface area contributed by atoms with Crippen molar-refractivity contribution in [3.8, 4) is 0 Å². The zero-order valence-corrected chi connectivity index (χ0v) is 17.5. The normalized spacial score (nSPS) is 18.0. The lowest BCUT2D eigenvalue weighted by Gasteiger charge is -2.28. The summed E-state index contributed by atoms with van der Waals surface area (Å²) in [5.41, 5.74) is 0.818. The van der Waals surface area contributed by atoms with Gasteiger partial charge in [0.25, 0.3) is 17.4 Å². The van der Waals surface area contributed by atoms with E-state index in [1.807, 2.05) is 44.2 Å². The number of benzene rings is 2. The molecule has 1 unspecified atom stereocenters. The van der Waals surface area contributed by atoms with Crippen LogP contribution in [0.1, 0.15) is 31.0 Å². The van der Waals surface area contributed by atoms with Gasteiger partial charge < -0.3 is 14.9 Å². The van der Waals surface area contributed by atoms with Crippen LogP contribution in [-0.2, 0) is 9.59 Å². The Morgan fingerprint density at radius 2 is 1.68 bits per heavy atom. The average Bonchev–Trinajstić information content (AvgIpc) is 3.05. The fraction of sp³-hybridized carbons (Fsp3) is 0.304. The molecule has 1 N–H and O–H groups in total. The summed E-state index contributed by atoms with van der Waals surface area (Å²) in [7, 11) is 0. The van der Waals surface area contributed by atoms with E-state index < -0.39 is 22.7 Å². The van der Waals surface area contributed by atoms with Crippen molar-refractivity contribution in [2.45, 2.75) is 19.9 Å². The van der Waals surface area contributed by atoms with Crippen LogP contribution in [0, 0.1) is 10.1 Å². The molecule has 0 radical (unpaired) electrons. The predicted octanol–water partition coefficient (Wildman–Crippen LogP) is 3.36. The first-order valence-electron chi connectivity index (χ1n) is 10.2. The molecule has 1 saturated heterocycles. The summed E-state index contributed by atoms with van der Waals surface area (Å²) in [4.78, 5) is 39.8. The van der Waals surface area contributed by atoms with E-state index in [0.29, 0.717) is 18.7 Å². The van der Waals surface area contributed by atoms with Crippen LogP contribution in [0.2, 0.25) is 0 Å². The molecule has 0 aromatic heterocycles. The van der Waals surface area contributed by atoms with E-state index in [4.69, 9.17) is 0 Å². The highest BCUT2D eigenvalue weighted by atomic mass is 16.6. The number of amides is 1. The topological polar surface area (TPSA) is 104 Å². The van der Waals surface area contributed by atoms with Crippen molar-refractivity contribution in [3.63, 3.8) is 0 Å². The third-order valence-electron chi connectivity index (χ3n) is 5.56. The molecule has 1 heterocycles. The molecule has 0 spiro atoms. The van der Waals surface area contributed by atoms with Gasteiger partial charge in [-0.1, -0.05) is 44.2 Å². The largest absolute Gasteiger partial charge is 0.507 e. The second kappa shape index (κ2) is 9.53. The molecule has 1 aliphatic heterocycles. The fourth-order valence-electron chi connectivity index (χ4n) is 3.78. The van der Waals surface area contributed by atoms with Crippen molar-refractivity contribution >= 4 is 23.1 Å². The predicted molar refractivity (Wildman–Crippen MR) is 116 cm³/mol. The summed E-state index contributed by atoms with van der Waals surface area (Å²) in [5.74, 6) is -1.76. The van der Waals surface area contributed by atoms with Crippen LogP contribution in [0.15, 0.2) is 60.2 Å². The molecule has 8 nitrogen and oxygen atoms in total. The molecule has 0 bridgehead atoms. The monoisotopic (exact) mass is 423 g/mol. The maximum absolute atomic E-state index is 12.9. The molecule has 0 aliphatic carbocycles. The van der Waals surface area contributed by atoms with Gasteiger partial charge in [0.05, 0.1) is 16.5 Å². The van der Waals surface area contributed by atoms with Gasteiger partial charge >= 0.3 is 0 Å². The molecule has 162 valence electrons. The number of hydrogen-bond donors (Lipinski definition) is 1. The first-order valence-corrected chi connectivity index (χ1v) is 10.2. The number of carbonyl (C=O) groups excluding carboxylic acids is 2. The number of hydrogen-bond acceptors (Lipinski definition) is 6. The summed E-state index contributed by atoms with van der Waals surface area (Å²) in [6.07, 6.45) is 0. The Kier molecular flexibility index (Phi) is 6.81. The number of likely N-dealkylation sites (N-methyl/N-ethyl adjacent to an activating group) is 1. The molecule has 31 heavy (non-hydrogen) atoms. The van der Waals surface area contributed by atoms with E-state index in [0.717, 1.165) is 13.1 Å². The van der Waals surface area contributed by atoms with E-state index in [1.165, 1.54) is 29.2 Å². The first-order chi connectivity index (χ1) is 14.9. The number of aliphatic hydroxyl groups is 1. The Morgan fingerprint density at radius 3 is 2.23 bits per heavy atom. The van der Waals surface area contributed by atoms with E-state index in [-0.39, 0.29) is 22.6 Å². The lowest BCUT2D eigenvalue weighted by Crippen LogP contribution is -2.38. The number of rotatable bonds is 8. The van der Waals surface area contributed by atoms with Gasteiger partial charge in [-0.2, -0.15) is 0 Å². The quantitative estimate of drug-likeness (QED) is 0.230. The second-order valence-electron chi connectivity index (χ2n) is 7.23. The van der Waals surface area contributed by atoms with Gasteiger partial charge in [-0.3, -0.25) is 19.7 Å². The number of likely N-dealkylation sites (tertiary alicyclic amines) is 1. The Hall–Kier alpha value is -3.52. The van der Waals surface area contributed by atoms with Gasteiger partial charge in [0.1, 0.15) is 5.76 Å². The van der Waals surface area contributed by atoms with Crippen molar-refractivity contribution in [1.82, 2.24) is 9.80 Å². The molecule has 0 saturated carbocycles. The Morgan fingerprint density at radius 1 is 1.06 bits per heavy atom. The van der Waals surface area contributed by atoms with Crippen molar-refractivity contribution in [3.05, 3.63) is 81.4 Å². The van der Waals surface area contributed by atoms with Crippen LogP contribution in [-0.4, -0.2) is 57.7 Å². The number of carbonyl (C=O) groups is 2. The highest BCUT2D eigenvalue weighted by Gasteiger charge is 2.45. The number of nitro groups is 1.